The van der Waals surface area contributed by atoms with Gasteiger partial charge in [0.2, 0.25) is 5.89 Å². The monoisotopic (exact) mass is 627 g/mol. The van der Waals surface area contributed by atoms with E-state index in [2.05, 4.69) is 138 Å². The van der Waals surface area contributed by atoms with Crippen LogP contribution in [0, 0.1) is 0 Å². The normalized spacial score (nSPS) is 11.3. The summed E-state index contributed by atoms with van der Waals surface area (Å²) in [6.45, 7) is 0. The van der Waals surface area contributed by atoms with Gasteiger partial charge in [0.05, 0.1) is 22.4 Å². The van der Waals surface area contributed by atoms with E-state index in [0.717, 1.165) is 83.6 Å². The van der Waals surface area contributed by atoms with Crippen LogP contribution in [-0.2, 0) is 0 Å². The molecule has 0 spiro atoms. The van der Waals surface area contributed by atoms with E-state index in [1.165, 1.54) is 0 Å². The Morgan fingerprint density at radius 3 is 1.22 bits per heavy atom. The molecule has 2 heterocycles. The van der Waals surface area contributed by atoms with Crippen molar-refractivity contribution in [3.05, 3.63) is 176 Å². The topological polar surface area (TPSA) is 51.8 Å². The molecule has 0 aliphatic carbocycles. The summed E-state index contributed by atoms with van der Waals surface area (Å²) in [4.78, 5) is 15.6. The van der Waals surface area contributed by atoms with Gasteiger partial charge < -0.3 is 4.42 Å². The summed E-state index contributed by atoms with van der Waals surface area (Å²) in [6, 6.07) is 60.4. The number of hydrogen-bond acceptors (Lipinski definition) is 4. The number of fused-ring (bicyclic) bond motifs is 2. The van der Waals surface area contributed by atoms with Crippen LogP contribution in [0.1, 0.15) is 0 Å². The minimum absolute atomic E-state index is 0.622. The van der Waals surface area contributed by atoms with Gasteiger partial charge in [-0.25, -0.2) is 15.0 Å². The lowest BCUT2D eigenvalue weighted by Gasteiger charge is -2.16. The maximum atomic E-state index is 5.99. The van der Waals surface area contributed by atoms with Crippen molar-refractivity contribution in [2.75, 3.05) is 0 Å². The van der Waals surface area contributed by atoms with Crippen molar-refractivity contribution in [2.24, 2.45) is 0 Å². The van der Waals surface area contributed by atoms with Crippen LogP contribution in [0.15, 0.2) is 180 Å². The maximum Gasteiger partial charge on any atom is 0.227 e. The number of oxazole rings is 1. The molecule has 0 aliphatic heterocycles. The molecule has 0 radical (unpaired) electrons. The molecule has 7 aromatic carbocycles. The fourth-order valence-electron chi connectivity index (χ4n) is 6.46. The highest BCUT2D eigenvalue weighted by Crippen LogP contribution is 2.39. The van der Waals surface area contributed by atoms with Crippen LogP contribution in [-0.4, -0.2) is 15.0 Å². The van der Waals surface area contributed by atoms with Crippen LogP contribution in [0.4, 0.5) is 0 Å². The molecular weight excluding hydrogens is 599 g/mol. The van der Waals surface area contributed by atoms with E-state index in [0.29, 0.717) is 5.89 Å². The number of nitrogens with zero attached hydrogens (tertiary/aromatic N) is 3. The third-order valence-electron chi connectivity index (χ3n) is 8.96. The van der Waals surface area contributed by atoms with Crippen molar-refractivity contribution in [3.8, 4) is 67.3 Å². The standard InChI is InChI=1S/C45H29N3O/c1-4-12-32(13-5-1)37-28-29-38(33-14-6-2-7-15-33)44-43(37)47-41(34-16-8-3-9-17-34)42(48-44)35-24-20-30(21-25-35)31-22-26-36(27-23-31)45-46-39-18-10-11-19-40(39)49-45/h1-29H. The predicted molar refractivity (Wildman–Crippen MR) is 200 cm³/mol. The number of rotatable bonds is 6. The van der Waals surface area contributed by atoms with Gasteiger partial charge in [0.25, 0.3) is 0 Å². The fourth-order valence-corrected chi connectivity index (χ4v) is 6.46. The van der Waals surface area contributed by atoms with Gasteiger partial charge in [0.15, 0.2) is 5.58 Å². The van der Waals surface area contributed by atoms with Crippen molar-refractivity contribution in [1.29, 1.82) is 0 Å². The Hall–Kier alpha value is -6.65. The van der Waals surface area contributed by atoms with E-state index < -0.39 is 0 Å². The van der Waals surface area contributed by atoms with Crippen LogP contribution in [0.25, 0.3) is 89.5 Å². The number of hydrogen-bond donors (Lipinski definition) is 0. The van der Waals surface area contributed by atoms with Gasteiger partial charge in [-0.3, -0.25) is 0 Å². The Bertz CT molecular complexity index is 2530. The molecule has 0 N–H and O–H groups in total. The summed E-state index contributed by atoms with van der Waals surface area (Å²) in [5.74, 6) is 0.622. The van der Waals surface area contributed by atoms with Crippen LogP contribution in [0.2, 0.25) is 0 Å². The zero-order valence-corrected chi connectivity index (χ0v) is 26.5. The second kappa shape index (κ2) is 12.2. The van der Waals surface area contributed by atoms with Gasteiger partial charge in [0, 0.05) is 27.8 Å². The lowest BCUT2D eigenvalue weighted by Crippen LogP contribution is -1.99. The van der Waals surface area contributed by atoms with Gasteiger partial charge in [-0.05, 0) is 46.5 Å². The first-order valence-corrected chi connectivity index (χ1v) is 16.4. The molecule has 0 bridgehead atoms. The lowest BCUT2D eigenvalue weighted by molar-refractivity contribution is 0.620. The van der Waals surface area contributed by atoms with Gasteiger partial charge in [0.1, 0.15) is 5.52 Å². The van der Waals surface area contributed by atoms with Crippen LogP contribution in [0.3, 0.4) is 0 Å². The van der Waals surface area contributed by atoms with E-state index in [1.54, 1.807) is 0 Å². The van der Waals surface area contributed by atoms with E-state index in [1.807, 2.05) is 42.5 Å². The molecule has 0 fully saturated rings. The maximum absolute atomic E-state index is 5.99. The van der Waals surface area contributed by atoms with Crippen molar-refractivity contribution in [2.45, 2.75) is 0 Å². The molecule has 2 aromatic heterocycles. The first-order valence-electron chi connectivity index (χ1n) is 16.4. The Kier molecular flexibility index (Phi) is 7.10. The molecule has 4 nitrogen and oxygen atoms in total. The molecule has 0 unspecified atom stereocenters. The third-order valence-corrected chi connectivity index (χ3v) is 8.96. The molecule has 0 saturated heterocycles. The molecule has 49 heavy (non-hydrogen) atoms. The van der Waals surface area contributed by atoms with E-state index in [-0.39, 0.29) is 0 Å². The van der Waals surface area contributed by atoms with Gasteiger partial charge in [-0.15, -0.1) is 0 Å². The minimum atomic E-state index is 0.622. The molecule has 0 amide bonds. The summed E-state index contributed by atoms with van der Waals surface area (Å²) in [7, 11) is 0. The Morgan fingerprint density at radius 2 is 0.714 bits per heavy atom. The van der Waals surface area contributed by atoms with E-state index in [9.17, 15) is 0 Å². The summed E-state index contributed by atoms with van der Waals surface area (Å²) in [5.41, 5.74) is 14.6. The quantitative estimate of drug-likeness (QED) is 0.184. The van der Waals surface area contributed by atoms with Crippen LogP contribution < -0.4 is 0 Å². The molecule has 9 aromatic rings. The Labute approximate surface area is 284 Å². The summed E-state index contributed by atoms with van der Waals surface area (Å²) in [5, 5.41) is 0. The average molecular weight is 628 g/mol. The largest absolute Gasteiger partial charge is 0.436 e. The number of para-hydroxylation sites is 2. The number of aromatic nitrogens is 3. The van der Waals surface area contributed by atoms with Crippen molar-refractivity contribution in [3.63, 3.8) is 0 Å². The molecule has 0 atom stereocenters. The molecule has 0 saturated carbocycles. The van der Waals surface area contributed by atoms with Crippen molar-refractivity contribution < 1.29 is 4.42 Å². The molecular formula is C45H29N3O. The zero-order chi connectivity index (χ0) is 32.6. The lowest BCUT2D eigenvalue weighted by atomic mass is 9.95. The summed E-state index contributed by atoms with van der Waals surface area (Å²) in [6.07, 6.45) is 0. The molecule has 230 valence electrons. The zero-order valence-electron chi connectivity index (χ0n) is 26.5. The second-order valence-electron chi connectivity index (χ2n) is 12.0. The molecule has 9 rings (SSSR count). The summed E-state index contributed by atoms with van der Waals surface area (Å²) < 4.78 is 5.99. The first kappa shape index (κ1) is 28.6. The van der Waals surface area contributed by atoms with E-state index >= 15 is 0 Å². The molecule has 4 heteroatoms. The second-order valence-corrected chi connectivity index (χ2v) is 12.0. The smallest absolute Gasteiger partial charge is 0.227 e. The number of benzene rings is 7. The highest BCUT2D eigenvalue weighted by Gasteiger charge is 2.19. The van der Waals surface area contributed by atoms with Gasteiger partial charge in [-0.2, -0.15) is 0 Å². The minimum Gasteiger partial charge on any atom is -0.436 e. The average Bonchev–Trinajstić information content (AvgIpc) is 3.63. The van der Waals surface area contributed by atoms with Crippen molar-refractivity contribution >= 4 is 22.1 Å². The highest BCUT2D eigenvalue weighted by atomic mass is 16.3. The third kappa shape index (κ3) is 5.35. The molecule has 0 aliphatic rings. The summed E-state index contributed by atoms with van der Waals surface area (Å²) >= 11 is 0. The predicted octanol–water partition coefficient (Wildman–Crippen LogP) is 11.8. The first-order chi connectivity index (χ1) is 24.3. The van der Waals surface area contributed by atoms with Gasteiger partial charge >= 0.3 is 0 Å². The Morgan fingerprint density at radius 1 is 0.306 bits per heavy atom. The highest BCUT2D eigenvalue weighted by molar-refractivity contribution is 6.03. The van der Waals surface area contributed by atoms with Crippen molar-refractivity contribution in [1.82, 2.24) is 15.0 Å². The van der Waals surface area contributed by atoms with Crippen LogP contribution >= 0.6 is 0 Å². The SMILES string of the molecule is c1ccc(-c2nc3c(-c4ccccc4)ccc(-c4ccccc4)c3nc2-c2ccc(-c3ccc(-c4nc5ccccc5o4)cc3)cc2)cc1. The Balaban J connectivity index is 1.16. The fraction of sp³-hybridized carbons (Fsp3) is 0. The van der Waals surface area contributed by atoms with E-state index in [4.69, 9.17) is 14.4 Å². The van der Waals surface area contributed by atoms with Crippen LogP contribution in [0.5, 0.6) is 0 Å². The van der Waals surface area contributed by atoms with Gasteiger partial charge in [-0.1, -0.05) is 152 Å².